The zero-order valence-corrected chi connectivity index (χ0v) is 11.4. The highest BCUT2D eigenvalue weighted by molar-refractivity contribution is 5.57. The summed E-state index contributed by atoms with van der Waals surface area (Å²) in [5.74, 6) is 2.75. The highest BCUT2D eigenvalue weighted by atomic mass is 16.5. The Morgan fingerprint density at radius 1 is 0.850 bits per heavy atom. The summed E-state index contributed by atoms with van der Waals surface area (Å²) in [6, 6.07) is 22.2. The molecule has 1 aromatic heterocycles. The van der Waals surface area contributed by atoms with Crippen molar-refractivity contribution < 1.29 is 9.15 Å². The molecule has 100 valence electrons. The summed E-state index contributed by atoms with van der Waals surface area (Å²) in [5.41, 5.74) is 2.31. The first-order valence-electron chi connectivity index (χ1n) is 6.62. The van der Waals surface area contributed by atoms with Crippen molar-refractivity contribution in [1.82, 2.24) is 0 Å². The van der Waals surface area contributed by atoms with Gasteiger partial charge in [-0.3, -0.25) is 0 Å². The zero-order chi connectivity index (χ0) is 13.8. The monoisotopic (exact) mass is 264 g/mol. The highest BCUT2D eigenvalue weighted by Gasteiger charge is 2.05. The lowest BCUT2D eigenvalue weighted by atomic mass is 10.1. The Labute approximate surface area is 118 Å². The van der Waals surface area contributed by atoms with Crippen LogP contribution in [0, 0.1) is 0 Å². The van der Waals surface area contributed by atoms with E-state index in [9.17, 15) is 0 Å². The van der Waals surface area contributed by atoms with E-state index in [0.29, 0.717) is 0 Å². The molecule has 0 aliphatic heterocycles. The Balaban J connectivity index is 1.77. The molecule has 0 aliphatic carbocycles. The zero-order valence-electron chi connectivity index (χ0n) is 11.4. The maximum Gasteiger partial charge on any atom is 0.134 e. The first-order chi connectivity index (χ1) is 9.85. The van der Waals surface area contributed by atoms with Gasteiger partial charge in [-0.15, -0.1) is 0 Å². The summed E-state index contributed by atoms with van der Waals surface area (Å²) in [7, 11) is 1.67. The van der Waals surface area contributed by atoms with Gasteiger partial charge in [0, 0.05) is 12.0 Å². The van der Waals surface area contributed by atoms with Gasteiger partial charge in [0.2, 0.25) is 0 Å². The van der Waals surface area contributed by atoms with Crippen molar-refractivity contribution in [3.8, 4) is 17.1 Å². The van der Waals surface area contributed by atoms with Crippen LogP contribution in [0.25, 0.3) is 11.3 Å². The SMILES string of the molecule is COc1ccc(Cc2ccc(-c3ccccc3)o2)cc1. The van der Waals surface area contributed by atoms with Crippen LogP contribution < -0.4 is 4.74 Å². The molecular weight excluding hydrogens is 248 g/mol. The maximum absolute atomic E-state index is 5.90. The molecule has 2 nitrogen and oxygen atoms in total. The van der Waals surface area contributed by atoms with Crippen molar-refractivity contribution in [3.63, 3.8) is 0 Å². The molecule has 1 heterocycles. The minimum atomic E-state index is 0.789. The largest absolute Gasteiger partial charge is 0.497 e. The molecule has 0 amide bonds. The third kappa shape index (κ3) is 2.75. The summed E-state index contributed by atoms with van der Waals surface area (Å²) in [6.07, 6.45) is 0.789. The number of methoxy groups -OCH3 is 1. The van der Waals surface area contributed by atoms with Gasteiger partial charge in [-0.1, -0.05) is 42.5 Å². The predicted octanol–water partition coefficient (Wildman–Crippen LogP) is 4.55. The van der Waals surface area contributed by atoms with Crippen molar-refractivity contribution >= 4 is 0 Å². The van der Waals surface area contributed by atoms with E-state index in [0.717, 1.165) is 29.3 Å². The van der Waals surface area contributed by atoms with E-state index in [1.165, 1.54) is 5.56 Å². The van der Waals surface area contributed by atoms with Crippen LogP contribution in [-0.4, -0.2) is 7.11 Å². The maximum atomic E-state index is 5.90. The molecule has 0 N–H and O–H groups in total. The van der Waals surface area contributed by atoms with Crippen LogP contribution in [0.3, 0.4) is 0 Å². The van der Waals surface area contributed by atoms with Crippen molar-refractivity contribution in [3.05, 3.63) is 78.1 Å². The van der Waals surface area contributed by atoms with E-state index in [1.54, 1.807) is 7.11 Å². The lowest BCUT2D eigenvalue weighted by molar-refractivity contribution is 0.414. The van der Waals surface area contributed by atoms with Crippen LogP contribution in [0.1, 0.15) is 11.3 Å². The van der Waals surface area contributed by atoms with Gasteiger partial charge in [0.1, 0.15) is 17.3 Å². The van der Waals surface area contributed by atoms with E-state index in [4.69, 9.17) is 9.15 Å². The summed E-state index contributed by atoms with van der Waals surface area (Å²) < 4.78 is 11.1. The topological polar surface area (TPSA) is 22.4 Å². The summed E-state index contributed by atoms with van der Waals surface area (Å²) in [5, 5.41) is 0. The molecule has 0 unspecified atom stereocenters. The summed E-state index contributed by atoms with van der Waals surface area (Å²) in [6.45, 7) is 0. The predicted molar refractivity (Wildman–Crippen MR) is 79.9 cm³/mol. The van der Waals surface area contributed by atoms with E-state index in [-0.39, 0.29) is 0 Å². The number of ether oxygens (including phenoxy) is 1. The van der Waals surface area contributed by atoms with Gasteiger partial charge in [0.25, 0.3) is 0 Å². The molecule has 0 fully saturated rings. The smallest absolute Gasteiger partial charge is 0.134 e. The standard InChI is InChI=1S/C18H16O2/c1-19-16-9-7-14(8-10-16)13-17-11-12-18(20-17)15-5-3-2-4-6-15/h2-12H,13H2,1H3. The molecule has 0 saturated heterocycles. The Hall–Kier alpha value is -2.48. The molecule has 3 aromatic rings. The average molecular weight is 264 g/mol. The number of benzene rings is 2. The molecular formula is C18H16O2. The van der Waals surface area contributed by atoms with Crippen molar-refractivity contribution in [2.75, 3.05) is 7.11 Å². The Morgan fingerprint density at radius 2 is 1.60 bits per heavy atom. The minimum absolute atomic E-state index is 0.789. The van der Waals surface area contributed by atoms with Gasteiger partial charge in [0.15, 0.2) is 0 Å². The molecule has 2 aromatic carbocycles. The van der Waals surface area contributed by atoms with Crippen molar-refractivity contribution in [2.24, 2.45) is 0 Å². The number of hydrogen-bond acceptors (Lipinski definition) is 2. The molecule has 0 atom stereocenters. The fourth-order valence-corrected chi connectivity index (χ4v) is 2.18. The molecule has 2 heteroatoms. The fraction of sp³-hybridized carbons (Fsp3) is 0.111. The van der Waals surface area contributed by atoms with Crippen molar-refractivity contribution in [1.29, 1.82) is 0 Å². The summed E-state index contributed by atoms with van der Waals surface area (Å²) >= 11 is 0. The van der Waals surface area contributed by atoms with E-state index < -0.39 is 0 Å². The van der Waals surface area contributed by atoms with E-state index >= 15 is 0 Å². The van der Waals surface area contributed by atoms with Crippen LogP contribution in [0.4, 0.5) is 0 Å². The second kappa shape index (κ2) is 5.66. The molecule has 0 spiro atoms. The van der Waals surface area contributed by atoms with E-state index in [2.05, 4.69) is 24.3 Å². The third-order valence-corrected chi connectivity index (χ3v) is 3.26. The van der Waals surface area contributed by atoms with Gasteiger partial charge in [-0.25, -0.2) is 0 Å². The van der Waals surface area contributed by atoms with Crippen LogP contribution in [0.5, 0.6) is 5.75 Å². The fourth-order valence-electron chi connectivity index (χ4n) is 2.18. The minimum Gasteiger partial charge on any atom is -0.497 e. The molecule has 0 bridgehead atoms. The third-order valence-electron chi connectivity index (χ3n) is 3.26. The van der Waals surface area contributed by atoms with Crippen LogP contribution >= 0.6 is 0 Å². The van der Waals surface area contributed by atoms with Gasteiger partial charge < -0.3 is 9.15 Å². The number of rotatable bonds is 4. The van der Waals surface area contributed by atoms with Crippen LogP contribution in [0.2, 0.25) is 0 Å². The van der Waals surface area contributed by atoms with Gasteiger partial charge >= 0.3 is 0 Å². The number of furan rings is 1. The normalized spacial score (nSPS) is 10.4. The summed E-state index contributed by atoms with van der Waals surface area (Å²) in [4.78, 5) is 0. The lowest BCUT2D eigenvalue weighted by Gasteiger charge is -2.02. The number of hydrogen-bond donors (Lipinski definition) is 0. The quantitative estimate of drug-likeness (QED) is 0.690. The van der Waals surface area contributed by atoms with Gasteiger partial charge in [0.05, 0.1) is 7.11 Å². The first-order valence-corrected chi connectivity index (χ1v) is 6.62. The van der Waals surface area contributed by atoms with Gasteiger partial charge in [-0.05, 0) is 29.8 Å². The van der Waals surface area contributed by atoms with E-state index in [1.807, 2.05) is 42.5 Å². The van der Waals surface area contributed by atoms with Crippen LogP contribution in [0.15, 0.2) is 71.1 Å². The van der Waals surface area contributed by atoms with Crippen LogP contribution in [-0.2, 0) is 6.42 Å². The van der Waals surface area contributed by atoms with Crippen molar-refractivity contribution in [2.45, 2.75) is 6.42 Å². The average Bonchev–Trinajstić information content (AvgIpc) is 2.97. The Morgan fingerprint density at radius 3 is 2.30 bits per heavy atom. The Bertz CT molecular complexity index is 666. The second-order valence-corrected chi connectivity index (χ2v) is 4.66. The highest BCUT2D eigenvalue weighted by Crippen LogP contribution is 2.23. The molecule has 0 aliphatic rings. The molecule has 3 rings (SSSR count). The first kappa shape index (κ1) is 12.5. The lowest BCUT2D eigenvalue weighted by Crippen LogP contribution is -1.87. The Kier molecular flexibility index (Phi) is 3.55. The molecule has 0 saturated carbocycles. The second-order valence-electron chi connectivity index (χ2n) is 4.66. The van der Waals surface area contributed by atoms with Gasteiger partial charge in [-0.2, -0.15) is 0 Å². The molecule has 0 radical (unpaired) electrons. The molecule has 20 heavy (non-hydrogen) atoms.